The van der Waals surface area contributed by atoms with Crippen LogP contribution < -0.4 is 14.8 Å². The summed E-state index contributed by atoms with van der Waals surface area (Å²) in [6.07, 6.45) is 3.28. The van der Waals surface area contributed by atoms with Crippen LogP contribution in [0.1, 0.15) is 11.1 Å². The number of carbonyl (C=O) groups is 2. The molecule has 2 aromatic carbocycles. The molecular weight excluding hydrogens is 384 g/mol. The van der Waals surface area contributed by atoms with E-state index >= 15 is 0 Å². The highest BCUT2D eigenvalue weighted by Gasteiger charge is 2.06. The molecule has 1 N–H and O–H groups in total. The van der Waals surface area contributed by atoms with Crippen LogP contribution in [0.4, 0.5) is 8.78 Å². The Morgan fingerprint density at radius 1 is 1.10 bits per heavy atom. The molecule has 1 amide bonds. The van der Waals surface area contributed by atoms with Crippen molar-refractivity contribution < 1.29 is 32.6 Å². The molecule has 0 aliphatic rings. The van der Waals surface area contributed by atoms with E-state index in [0.717, 1.165) is 11.1 Å². The number of ether oxygens (including phenoxy) is 3. The second-order valence-electron chi connectivity index (χ2n) is 5.84. The Kier molecular flexibility index (Phi) is 8.62. The van der Waals surface area contributed by atoms with Crippen molar-refractivity contribution in [2.75, 3.05) is 20.3 Å². The minimum atomic E-state index is -2.87. The van der Waals surface area contributed by atoms with Crippen molar-refractivity contribution in [3.05, 3.63) is 65.7 Å². The molecule has 0 saturated heterocycles. The normalized spacial score (nSPS) is 10.8. The van der Waals surface area contributed by atoms with E-state index in [1.807, 2.05) is 0 Å². The summed E-state index contributed by atoms with van der Waals surface area (Å²) in [6.45, 7) is -2.96. The summed E-state index contributed by atoms with van der Waals surface area (Å²) in [5.74, 6) is -0.346. The van der Waals surface area contributed by atoms with E-state index in [-0.39, 0.29) is 5.75 Å². The van der Waals surface area contributed by atoms with Gasteiger partial charge in [0.25, 0.3) is 5.91 Å². The molecular formula is C21H21F2NO5. The van der Waals surface area contributed by atoms with Gasteiger partial charge in [0.2, 0.25) is 0 Å². The van der Waals surface area contributed by atoms with Crippen molar-refractivity contribution in [2.45, 2.75) is 13.0 Å². The monoisotopic (exact) mass is 405 g/mol. The Bertz CT molecular complexity index is 837. The van der Waals surface area contributed by atoms with Crippen LogP contribution in [0.2, 0.25) is 0 Å². The van der Waals surface area contributed by atoms with Gasteiger partial charge < -0.3 is 19.5 Å². The predicted molar refractivity (Wildman–Crippen MR) is 103 cm³/mol. The number of rotatable bonds is 10. The minimum Gasteiger partial charge on any atom is -0.497 e. The van der Waals surface area contributed by atoms with Gasteiger partial charge in [0, 0.05) is 12.6 Å². The van der Waals surface area contributed by atoms with Crippen LogP contribution in [0.25, 0.3) is 6.08 Å². The highest BCUT2D eigenvalue weighted by Crippen LogP contribution is 2.15. The summed E-state index contributed by atoms with van der Waals surface area (Å²) in [7, 11) is 1.55. The van der Waals surface area contributed by atoms with Gasteiger partial charge in [-0.25, -0.2) is 4.79 Å². The van der Waals surface area contributed by atoms with Crippen molar-refractivity contribution in [3.63, 3.8) is 0 Å². The molecule has 0 saturated carbocycles. The topological polar surface area (TPSA) is 73.9 Å². The first kappa shape index (κ1) is 21.9. The average molecular weight is 405 g/mol. The van der Waals surface area contributed by atoms with Gasteiger partial charge in [-0.15, -0.1) is 0 Å². The van der Waals surface area contributed by atoms with Crippen molar-refractivity contribution >= 4 is 18.0 Å². The Balaban J connectivity index is 1.67. The Morgan fingerprint density at radius 2 is 1.86 bits per heavy atom. The molecule has 0 atom stereocenters. The van der Waals surface area contributed by atoms with E-state index in [1.165, 1.54) is 18.2 Å². The predicted octanol–water partition coefficient (Wildman–Crippen LogP) is 3.21. The van der Waals surface area contributed by atoms with Crippen LogP contribution in [-0.4, -0.2) is 38.7 Å². The Hall–Kier alpha value is -3.42. The molecule has 8 heteroatoms. The molecule has 2 rings (SSSR count). The maximum Gasteiger partial charge on any atom is 0.387 e. The van der Waals surface area contributed by atoms with Gasteiger partial charge >= 0.3 is 12.6 Å². The minimum absolute atomic E-state index is 0.0710. The number of hydrogen-bond acceptors (Lipinski definition) is 5. The first-order valence-electron chi connectivity index (χ1n) is 8.75. The summed E-state index contributed by atoms with van der Waals surface area (Å²) >= 11 is 0. The molecule has 6 nitrogen and oxygen atoms in total. The molecule has 0 unspecified atom stereocenters. The van der Waals surface area contributed by atoms with Crippen molar-refractivity contribution in [1.29, 1.82) is 0 Å². The molecule has 0 aliphatic heterocycles. The lowest BCUT2D eigenvalue weighted by molar-refractivity contribution is -0.143. The molecule has 0 aliphatic carbocycles. The number of benzene rings is 2. The first-order valence-corrected chi connectivity index (χ1v) is 8.75. The molecule has 0 heterocycles. The highest BCUT2D eigenvalue weighted by molar-refractivity contribution is 5.89. The maximum atomic E-state index is 12.1. The van der Waals surface area contributed by atoms with E-state index in [2.05, 4.69) is 10.1 Å². The number of alkyl halides is 2. The lowest BCUT2D eigenvalue weighted by atomic mass is 10.1. The average Bonchev–Trinajstić information content (AvgIpc) is 2.71. The van der Waals surface area contributed by atoms with Gasteiger partial charge in [-0.05, 0) is 47.9 Å². The smallest absolute Gasteiger partial charge is 0.387 e. The van der Waals surface area contributed by atoms with E-state index in [1.54, 1.807) is 49.6 Å². The molecule has 0 fully saturated rings. The lowest BCUT2D eigenvalue weighted by Crippen LogP contribution is -2.30. The summed E-state index contributed by atoms with van der Waals surface area (Å²) in [4.78, 5) is 23.4. The van der Waals surface area contributed by atoms with Crippen molar-refractivity contribution in [2.24, 2.45) is 0 Å². The maximum absolute atomic E-state index is 12.1. The van der Waals surface area contributed by atoms with Gasteiger partial charge in [0.1, 0.15) is 11.5 Å². The highest BCUT2D eigenvalue weighted by atomic mass is 19.3. The standard InChI is InChI=1S/C21H21F2NO5/c1-27-18-4-2-3-16(13-18)7-10-20(26)28-14-19(25)24-12-11-15-5-8-17(9-6-15)29-21(22)23/h2-10,13,21H,11-12,14H2,1H3,(H,24,25)/b10-7+. The van der Waals surface area contributed by atoms with E-state index in [0.29, 0.717) is 18.7 Å². The van der Waals surface area contributed by atoms with E-state index < -0.39 is 25.1 Å². The van der Waals surface area contributed by atoms with Crippen LogP contribution in [0.3, 0.4) is 0 Å². The van der Waals surface area contributed by atoms with Gasteiger partial charge in [-0.1, -0.05) is 24.3 Å². The zero-order valence-corrected chi connectivity index (χ0v) is 15.8. The summed E-state index contributed by atoms with van der Waals surface area (Å²) in [5.41, 5.74) is 1.60. The molecule has 0 bridgehead atoms. The fourth-order valence-corrected chi connectivity index (χ4v) is 2.33. The molecule has 0 radical (unpaired) electrons. The number of carbonyl (C=O) groups excluding carboxylic acids is 2. The van der Waals surface area contributed by atoms with Gasteiger partial charge in [-0.3, -0.25) is 4.79 Å². The quantitative estimate of drug-likeness (QED) is 0.485. The third kappa shape index (κ3) is 8.42. The SMILES string of the molecule is COc1cccc(/C=C/C(=O)OCC(=O)NCCc2ccc(OC(F)F)cc2)c1. The second-order valence-corrected chi connectivity index (χ2v) is 5.84. The third-order valence-corrected chi connectivity index (χ3v) is 3.74. The summed E-state index contributed by atoms with van der Waals surface area (Å²) in [5, 5.41) is 2.61. The lowest BCUT2D eigenvalue weighted by Gasteiger charge is -2.07. The van der Waals surface area contributed by atoms with Crippen molar-refractivity contribution in [1.82, 2.24) is 5.32 Å². The van der Waals surface area contributed by atoms with Gasteiger partial charge in [0.05, 0.1) is 7.11 Å². The number of methoxy groups -OCH3 is 1. The van der Waals surface area contributed by atoms with Crippen LogP contribution in [0.15, 0.2) is 54.6 Å². The zero-order valence-electron chi connectivity index (χ0n) is 15.8. The van der Waals surface area contributed by atoms with Gasteiger partial charge in [-0.2, -0.15) is 8.78 Å². The largest absolute Gasteiger partial charge is 0.497 e. The first-order chi connectivity index (χ1) is 14.0. The van der Waals surface area contributed by atoms with Crippen molar-refractivity contribution in [3.8, 4) is 11.5 Å². The third-order valence-electron chi connectivity index (χ3n) is 3.74. The number of esters is 1. The summed E-state index contributed by atoms with van der Waals surface area (Å²) in [6, 6.07) is 13.2. The molecule has 29 heavy (non-hydrogen) atoms. The summed E-state index contributed by atoms with van der Waals surface area (Å²) < 4.78 is 38.4. The molecule has 0 aromatic heterocycles. The van der Waals surface area contributed by atoms with E-state index in [9.17, 15) is 18.4 Å². The Morgan fingerprint density at radius 3 is 2.55 bits per heavy atom. The number of amides is 1. The Labute approximate surface area is 167 Å². The zero-order chi connectivity index (χ0) is 21.1. The molecule has 2 aromatic rings. The van der Waals surface area contributed by atoms with Gasteiger partial charge in [0.15, 0.2) is 6.61 Å². The molecule has 154 valence electrons. The number of nitrogens with one attached hydrogen (secondary N) is 1. The number of hydrogen-bond donors (Lipinski definition) is 1. The van der Waals surface area contributed by atoms with Crippen LogP contribution in [0.5, 0.6) is 11.5 Å². The van der Waals surface area contributed by atoms with Crippen LogP contribution >= 0.6 is 0 Å². The fraction of sp³-hybridized carbons (Fsp3) is 0.238. The fourth-order valence-electron chi connectivity index (χ4n) is 2.33. The molecule has 0 spiro atoms. The second kappa shape index (κ2) is 11.4. The van der Waals surface area contributed by atoms with Crippen LogP contribution in [0, 0.1) is 0 Å². The van der Waals surface area contributed by atoms with Crippen LogP contribution in [-0.2, 0) is 20.7 Å². The van der Waals surface area contributed by atoms with E-state index in [4.69, 9.17) is 9.47 Å². The number of halogens is 2.